The lowest BCUT2D eigenvalue weighted by Crippen LogP contribution is -2.54. The lowest BCUT2D eigenvalue weighted by atomic mass is 10.1. The molecule has 1 fully saturated rings. The van der Waals surface area contributed by atoms with Gasteiger partial charge in [0.25, 0.3) is 17.7 Å². The summed E-state index contributed by atoms with van der Waals surface area (Å²) in [4.78, 5) is 51.1. The summed E-state index contributed by atoms with van der Waals surface area (Å²) in [5.74, 6) is -1.75. The number of hydrogen-bond donors (Lipinski definition) is 2. The van der Waals surface area contributed by atoms with E-state index in [-0.39, 0.29) is 29.5 Å². The normalized spacial score (nSPS) is 14.6. The van der Waals surface area contributed by atoms with Crippen molar-refractivity contribution in [3.63, 3.8) is 0 Å². The first-order valence-corrected chi connectivity index (χ1v) is 10.9. The minimum Gasteiger partial charge on any atom is -0.483 e. The standard InChI is InChI=1S/C26H20ClN3O5/c1-16-9-11-19(12-10-16)28-23(31)15-35-22-8-3-2-5-17(22)13-21-24(32)29-26(34)30(25(21)33)20-7-4-6-18(27)14-20/h2-14H,15H2,1H3,(H,28,31)(H,29,32,34)/b21-13+. The number of anilines is 2. The van der Waals surface area contributed by atoms with Gasteiger partial charge >= 0.3 is 6.03 Å². The van der Waals surface area contributed by atoms with Gasteiger partial charge in [0.2, 0.25) is 0 Å². The van der Waals surface area contributed by atoms with E-state index in [1.54, 1.807) is 48.5 Å². The van der Waals surface area contributed by atoms with E-state index in [4.69, 9.17) is 16.3 Å². The molecule has 0 atom stereocenters. The van der Waals surface area contributed by atoms with E-state index in [0.717, 1.165) is 10.5 Å². The Morgan fingerprint density at radius 2 is 1.77 bits per heavy atom. The van der Waals surface area contributed by atoms with Gasteiger partial charge in [-0.15, -0.1) is 0 Å². The summed E-state index contributed by atoms with van der Waals surface area (Å²) >= 11 is 5.99. The first-order valence-electron chi connectivity index (χ1n) is 10.6. The van der Waals surface area contributed by atoms with Crippen LogP contribution in [0, 0.1) is 6.92 Å². The number of barbiturate groups is 1. The molecule has 3 aromatic rings. The minimum atomic E-state index is -0.878. The molecular formula is C26H20ClN3O5. The van der Waals surface area contributed by atoms with Gasteiger partial charge in [0.05, 0.1) is 5.69 Å². The van der Waals surface area contributed by atoms with Crippen molar-refractivity contribution in [1.82, 2.24) is 5.32 Å². The highest BCUT2D eigenvalue weighted by atomic mass is 35.5. The maximum atomic E-state index is 13.1. The highest BCUT2D eigenvalue weighted by molar-refractivity contribution is 6.39. The van der Waals surface area contributed by atoms with E-state index in [0.29, 0.717) is 16.3 Å². The topological polar surface area (TPSA) is 105 Å². The van der Waals surface area contributed by atoms with Crippen LogP contribution in [0.1, 0.15) is 11.1 Å². The maximum Gasteiger partial charge on any atom is 0.335 e. The van der Waals surface area contributed by atoms with Crippen LogP contribution in [0.4, 0.5) is 16.2 Å². The number of nitrogens with zero attached hydrogens (tertiary/aromatic N) is 1. The predicted octanol–water partition coefficient (Wildman–Crippen LogP) is 4.33. The molecule has 1 saturated heterocycles. The summed E-state index contributed by atoms with van der Waals surface area (Å²) in [7, 11) is 0. The van der Waals surface area contributed by atoms with Crippen molar-refractivity contribution < 1.29 is 23.9 Å². The van der Waals surface area contributed by atoms with Crippen LogP contribution >= 0.6 is 11.6 Å². The van der Waals surface area contributed by atoms with Crippen LogP contribution in [-0.2, 0) is 14.4 Å². The lowest BCUT2D eigenvalue weighted by Gasteiger charge is -2.26. The Bertz CT molecular complexity index is 1350. The van der Waals surface area contributed by atoms with Crippen molar-refractivity contribution in [1.29, 1.82) is 0 Å². The fraction of sp³-hybridized carbons (Fsp3) is 0.0769. The summed E-state index contributed by atoms with van der Waals surface area (Å²) in [6, 6.07) is 19.2. The Balaban J connectivity index is 1.54. The number of carbonyl (C=O) groups excluding carboxylic acids is 4. The third-order valence-corrected chi connectivity index (χ3v) is 5.32. The number of imide groups is 2. The molecular weight excluding hydrogens is 470 g/mol. The fourth-order valence-corrected chi connectivity index (χ4v) is 3.56. The van der Waals surface area contributed by atoms with Crippen molar-refractivity contribution in [2.45, 2.75) is 6.92 Å². The number of benzene rings is 3. The molecule has 9 heteroatoms. The fourth-order valence-electron chi connectivity index (χ4n) is 3.37. The van der Waals surface area contributed by atoms with E-state index in [2.05, 4.69) is 10.6 Å². The molecule has 0 bridgehead atoms. The molecule has 3 aromatic carbocycles. The lowest BCUT2D eigenvalue weighted by molar-refractivity contribution is -0.122. The molecule has 176 valence electrons. The zero-order valence-corrected chi connectivity index (χ0v) is 19.3. The quantitative estimate of drug-likeness (QED) is 0.396. The molecule has 8 nitrogen and oxygen atoms in total. The SMILES string of the molecule is Cc1ccc(NC(=O)COc2ccccc2/C=C2\C(=O)NC(=O)N(c3cccc(Cl)c3)C2=O)cc1. The Morgan fingerprint density at radius 3 is 2.51 bits per heavy atom. The largest absolute Gasteiger partial charge is 0.483 e. The molecule has 1 aliphatic rings. The van der Waals surface area contributed by atoms with Gasteiger partial charge in [-0.3, -0.25) is 19.7 Å². The van der Waals surface area contributed by atoms with Crippen molar-refractivity contribution in [3.8, 4) is 5.75 Å². The van der Waals surface area contributed by atoms with Gasteiger partial charge in [0.15, 0.2) is 6.61 Å². The van der Waals surface area contributed by atoms with Gasteiger partial charge < -0.3 is 10.1 Å². The number of ether oxygens (including phenoxy) is 1. The summed E-state index contributed by atoms with van der Waals surface area (Å²) < 4.78 is 5.66. The van der Waals surface area contributed by atoms with Crippen LogP contribution in [0.2, 0.25) is 5.02 Å². The average Bonchev–Trinajstić information content (AvgIpc) is 2.82. The molecule has 5 amide bonds. The van der Waals surface area contributed by atoms with Gasteiger partial charge in [-0.2, -0.15) is 0 Å². The number of amides is 5. The highest BCUT2D eigenvalue weighted by Crippen LogP contribution is 2.27. The van der Waals surface area contributed by atoms with Gasteiger partial charge in [0, 0.05) is 16.3 Å². The summed E-state index contributed by atoms with van der Waals surface area (Å²) in [5.41, 5.74) is 2.03. The summed E-state index contributed by atoms with van der Waals surface area (Å²) in [5, 5.41) is 5.22. The maximum absolute atomic E-state index is 13.1. The number of carbonyl (C=O) groups is 4. The first kappa shape index (κ1) is 23.7. The molecule has 2 N–H and O–H groups in total. The second-order valence-electron chi connectivity index (χ2n) is 7.68. The van der Waals surface area contributed by atoms with Crippen LogP contribution in [0.15, 0.2) is 78.4 Å². The Morgan fingerprint density at radius 1 is 1.03 bits per heavy atom. The van der Waals surface area contributed by atoms with Crippen LogP contribution in [-0.4, -0.2) is 30.4 Å². The Hall–Kier alpha value is -4.43. The van der Waals surface area contributed by atoms with E-state index >= 15 is 0 Å². The van der Waals surface area contributed by atoms with Crippen molar-refractivity contribution in [2.75, 3.05) is 16.8 Å². The molecule has 0 radical (unpaired) electrons. The third-order valence-electron chi connectivity index (χ3n) is 5.08. The molecule has 0 aromatic heterocycles. The van der Waals surface area contributed by atoms with E-state index < -0.39 is 17.8 Å². The molecule has 1 heterocycles. The number of rotatable bonds is 6. The van der Waals surface area contributed by atoms with Crippen molar-refractivity contribution >= 4 is 52.8 Å². The summed E-state index contributed by atoms with van der Waals surface area (Å²) in [6.45, 7) is 1.66. The van der Waals surface area contributed by atoms with Crippen LogP contribution in [0.5, 0.6) is 5.75 Å². The third kappa shape index (κ3) is 5.56. The molecule has 0 unspecified atom stereocenters. The van der Waals surface area contributed by atoms with E-state index in [9.17, 15) is 19.2 Å². The van der Waals surface area contributed by atoms with E-state index in [1.165, 1.54) is 18.2 Å². The van der Waals surface area contributed by atoms with Gasteiger partial charge in [0.1, 0.15) is 11.3 Å². The molecule has 1 aliphatic heterocycles. The van der Waals surface area contributed by atoms with Gasteiger partial charge in [-0.25, -0.2) is 9.69 Å². The smallest absolute Gasteiger partial charge is 0.335 e. The molecule has 0 saturated carbocycles. The summed E-state index contributed by atoms with van der Waals surface area (Å²) in [6.07, 6.45) is 1.31. The molecule has 35 heavy (non-hydrogen) atoms. The number of aryl methyl sites for hydroxylation is 1. The Kier molecular flexibility index (Phi) is 6.93. The number of para-hydroxylation sites is 1. The monoisotopic (exact) mass is 489 g/mol. The zero-order chi connectivity index (χ0) is 24.9. The van der Waals surface area contributed by atoms with E-state index in [1.807, 2.05) is 19.1 Å². The van der Waals surface area contributed by atoms with Crippen LogP contribution in [0.3, 0.4) is 0 Å². The van der Waals surface area contributed by atoms with Crippen molar-refractivity contribution in [2.24, 2.45) is 0 Å². The number of halogens is 1. The minimum absolute atomic E-state index is 0.218. The average molecular weight is 490 g/mol. The molecule has 0 spiro atoms. The Labute approximate surface area is 206 Å². The molecule has 0 aliphatic carbocycles. The highest BCUT2D eigenvalue weighted by Gasteiger charge is 2.37. The second kappa shape index (κ2) is 10.2. The van der Waals surface area contributed by atoms with Gasteiger partial charge in [-0.05, 0) is 49.4 Å². The zero-order valence-electron chi connectivity index (χ0n) is 18.6. The number of nitrogens with one attached hydrogen (secondary N) is 2. The molecule has 4 rings (SSSR count). The first-order chi connectivity index (χ1) is 16.8. The predicted molar refractivity (Wildman–Crippen MR) is 132 cm³/mol. The van der Waals surface area contributed by atoms with Crippen molar-refractivity contribution in [3.05, 3.63) is 94.5 Å². The second-order valence-corrected chi connectivity index (χ2v) is 8.11. The van der Waals surface area contributed by atoms with Crippen LogP contribution < -0.4 is 20.3 Å². The number of urea groups is 1. The van der Waals surface area contributed by atoms with Gasteiger partial charge in [-0.1, -0.05) is 53.6 Å². The van der Waals surface area contributed by atoms with Crippen LogP contribution in [0.25, 0.3) is 6.08 Å². The number of hydrogen-bond acceptors (Lipinski definition) is 5.